The number of ketones is 1. The molecule has 0 aliphatic carbocycles. The zero-order valence-electron chi connectivity index (χ0n) is 10.9. The first-order valence-electron chi connectivity index (χ1n) is 5.54. The van der Waals surface area contributed by atoms with Crippen molar-refractivity contribution in [3.8, 4) is 0 Å². The third-order valence-electron chi connectivity index (χ3n) is 2.82. The van der Waals surface area contributed by atoms with E-state index in [0.717, 1.165) is 16.7 Å². The van der Waals surface area contributed by atoms with E-state index in [0.29, 0.717) is 5.56 Å². The van der Waals surface area contributed by atoms with Crippen LogP contribution in [-0.2, 0) is 10.2 Å². The van der Waals surface area contributed by atoms with E-state index in [2.05, 4.69) is 20.8 Å². The summed E-state index contributed by atoms with van der Waals surface area (Å²) in [5.41, 5.74) is 2.85. The van der Waals surface area contributed by atoms with Gasteiger partial charge in [0.1, 0.15) is 0 Å². The van der Waals surface area contributed by atoms with Crippen LogP contribution in [0.2, 0.25) is 0 Å². The Kier molecular flexibility index (Phi) is 3.41. The molecule has 1 aromatic carbocycles. The van der Waals surface area contributed by atoms with Gasteiger partial charge in [0.15, 0.2) is 0 Å². The Balaban J connectivity index is 3.40. The quantitative estimate of drug-likeness (QED) is 0.632. The van der Waals surface area contributed by atoms with Gasteiger partial charge in [-0.2, -0.15) is 0 Å². The van der Waals surface area contributed by atoms with Gasteiger partial charge in [0.05, 0.1) is 0 Å². The molecule has 3 nitrogen and oxygen atoms in total. The van der Waals surface area contributed by atoms with Crippen LogP contribution in [-0.4, -0.2) is 16.9 Å². The Morgan fingerprint density at radius 3 is 1.76 bits per heavy atom. The number of hydrogen-bond acceptors (Lipinski definition) is 2. The second-order valence-electron chi connectivity index (χ2n) is 5.37. The average Bonchev–Trinajstić information content (AvgIpc) is 2.14. The van der Waals surface area contributed by atoms with Crippen molar-refractivity contribution >= 4 is 11.8 Å². The van der Waals surface area contributed by atoms with Crippen molar-refractivity contribution in [1.82, 2.24) is 0 Å². The van der Waals surface area contributed by atoms with Crippen molar-refractivity contribution in [2.45, 2.75) is 40.0 Å². The Hall–Kier alpha value is -1.64. The zero-order valence-corrected chi connectivity index (χ0v) is 10.9. The Labute approximate surface area is 101 Å². The number of benzene rings is 1. The fraction of sp³-hybridized carbons (Fsp3) is 0.429. The Bertz CT molecular complexity index is 456. The summed E-state index contributed by atoms with van der Waals surface area (Å²) in [5.74, 6) is -2.24. The number of aliphatic carboxylic acids is 1. The molecule has 0 radical (unpaired) electrons. The minimum absolute atomic E-state index is 0.0136. The molecule has 92 valence electrons. The summed E-state index contributed by atoms with van der Waals surface area (Å²) in [5, 5.41) is 8.76. The highest BCUT2D eigenvalue weighted by molar-refractivity contribution is 6.40. The molecule has 0 unspecified atom stereocenters. The SMILES string of the molecule is Cc1cc(C(C)(C)C)cc(C)c1C(=O)C(=O)O. The van der Waals surface area contributed by atoms with E-state index in [1.807, 2.05) is 12.1 Å². The molecule has 0 fully saturated rings. The molecule has 0 aromatic heterocycles. The number of aryl methyl sites for hydroxylation is 2. The van der Waals surface area contributed by atoms with Crippen molar-refractivity contribution in [2.75, 3.05) is 0 Å². The van der Waals surface area contributed by atoms with Crippen molar-refractivity contribution in [2.24, 2.45) is 0 Å². The molecule has 0 atom stereocenters. The van der Waals surface area contributed by atoms with Gasteiger partial charge in [-0.25, -0.2) is 4.79 Å². The topological polar surface area (TPSA) is 54.4 Å². The maximum Gasteiger partial charge on any atom is 0.377 e. The number of hydrogen-bond donors (Lipinski definition) is 1. The van der Waals surface area contributed by atoms with Crippen molar-refractivity contribution < 1.29 is 14.7 Å². The lowest BCUT2D eigenvalue weighted by Gasteiger charge is -2.21. The van der Waals surface area contributed by atoms with Crippen LogP contribution in [0.5, 0.6) is 0 Å². The van der Waals surface area contributed by atoms with Crippen molar-refractivity contribution in [3.05, 3.63) is 34.4 Å². The number of carboxylic acids is 1. The molecule has 0 bridgehead atoms. The highest BCUT2D eigenvalue weighted by atomic mass is 16.4. The van der Waals surface area contributed by atoms with E-state index >= 15 is 0 Å². The summed E-state index contributed by atoms with van der Waals surface area (Å²) in [6.45, 7) is 9.80. The number of carboxylic acid groups (broad SMARTS) is 1. The molecule has 0 aliphatic rings. The lowest BCUT2D eigenvalue weighted by atomic mass is 9.83. The molecule has 1 aromatic rings. The number of carbonyl (C=O) groups excluding carboxylic acids is 1. The second-order valence-corrected chi connectivity index (χ2v) is 5.37. The van der Waals surface area contributed by atoms with Gasteiger partial charge in [-0.3, -0.25) is 4.79 Å². The van der Waals surface area contributed by atoms with E-state index in [1.54, 1.807) is 13.8 Å². The van der Waals surface area contributed by atoms with Crippen LogP contribution in [0.15, 0.2) is 12.1 Å². The summed E-state index contributed by atoms with van der Waals surface area (Å²) >= 11 is 0. The number of carbonyl (C=O) groups is 2. The van der Waals surface area contributed by atoms with Gasteiger partial charge in [0, 0.05) is 5.56 Å². The zero-order chi connectivity index (χ0) is 13.4. The first-order valence-corrected chi connectivity index (χ1v) is 5.54. The normalized spacial score (nSPS) is 11.4. The summed E-state index contributed by atoms with van der Waals surface area (Å²) < 4.78 is 0. The van der Waals surface area contributed by atoms with Crippen LogP contribution in [0.3, 0.4) is 0 Å². The van der Waals surface area contributed by atoms with E-state index in [9.17, 15) is 9.59 Å². The predicted octanol–water partition coefficient (Wildman–Crippen LogP) is 2.87. The summed E-state index contributed by atoms with van der Waals surface area (Å²) in [6.07, 6.45) is 0. The maximum absolute atomic E-state index is 11.5. The minimum atomic E-state index is -1.40. The van der Waals surface area contributed by atoms with Crippen LogP contribution in [0.1, 0.15) is 47.8 Å². The van der Waals surface area contributed by atoms with Gasteiger partial charge in [-0.05, 0) is 36.0 Å². The lowest BCUT2D eigenvalue weighted by molar-refractivity contribution is -0.131. The monoisotopic (exact) mass is 234 g/mol. The van der Waals surface area contributed by atoms with Crippen LogP contribution in [0, 0.1) is 13.8 Å². The van der Waals surface area contributed by atoms with E-state index < -0.39 is 11.8 Å². The van der Waals surface area contributed by atoms with Gasteiger partial charge < -0.3 is 5.11 Å². The summed E-state index contributed by atoms with van der Waals surface area (Å²) in [6, 6.07) is 3.78. The van der Waals surface area contributed by atoms with Gasteiger partial charge in [0.2, 0.25) is 0 Å². The van der Waals surface area contributed by atoms with Gasteiger partial charge >= 0.3 is 5.97 Å². The highest BCUT2D eigenvalue weighted by Gasteiger charge is 2.22. The molecule has 0 spiro atoms. The van der Waals surface area contributed by atoms with Crippen molar-refractivity contribution in [3.63, 3.8) is 0 Å². The summed E-state index contributed by atoms with van der Waals surface area (Å²) in [7, 11) is 0. The van der Waals surface area contributed by atoms with E-state index in [1.165, 1.54) is 0 Å². The molecule has 0 aliphatic heterocycles. The van der Waals surface area contributed by atoms with Crippen LogP contribution in [0.4, 0.5) is 0 Å². The third kappa shape index (κ3) is 2.73. The molecule has 0 saturated carbocycles. The Morgan fingerprint density at radius 2 is 1.47 bits per heavy atom. The fourth-order valence-corrected chi connectivity index (χ4v) is 1.86. The van der Waals surface area contributed by atoms with Gasteiger partial charge in [0.25, 0.3) is 5.78 Å². The lowest BCUT2D eigenvalue weighted by Crippen LogP contribution is -2.18. The van der Waals surface area contributed by atoms with Gasteiger partial charge in [-0.1, -0.05) is 32.9 Å². The van der Waals surface area contributed by atoms with Gasteiger partial charge in [-0.15, -0.1) is 0 Å². The molecule has 1 N–H and O–H groups in total. The second kappa shape index (κ2) is 4.32. The number of Topliss-reactive ketones (excluding diaryl/α,β-unsaturated/α-hetero) is 1. The maximum atomic E-state index is 11.5. The van der Waals surface area contributed by atoms with Crippen molar-refractivity contribution in [1.29, 1.82) is 0 Å². The summed E-state index contributed by atoms with van der Waals surface area (Å²) in [4.78, 5) is 22.3. The smallest absolute Gasteiger partial charge is 0.377 e. The fourth-order valence-electron chi connectivity index (χ4n) is 1.86. The Morgan fingerprint density at radius 1 is 1.06 bits per heavy atom. The number of rotatable bonds is 2. The molecule has 3 heteroatoms. The van der Waals surface area contributed by atoms with E-state index in [-0.39, 0.29) is 5.41 Å². The van der Waals surface area contributed by atoms with E-state index in [4.69, 9.17) is 5.11 Å². The molecule has 0 heterocycles. The largest absolute Gasteiger partial charge is 0.475 e. The van der Waals surface area contributed by atoms with Crippen LogP contribution < -0.4 is 0 Å². The van der Waals surface area contributed by atoms with Crippen LogP contribution in [0.25, 0.3) is 0 Å². The van der Waals surface area contributed by atoms with Crippen LogP contribution >= 0.6 is 0 Å². The molecule has 1 rings (SSSR count). The highest BCUT2D eigenvalue weighted by Crippen LogP contribution is 2.27. The molecule has 0 saturated heterocycles. The first kappa shape index (κ1) is 13.4. The average molecular weight is 234 g/mol. The molecular weight excluding hydrogens is 216 g/mol. The standard InChI is InChI=1S/C14H18O3/c1-8-6-10(14(3,4)5)7-9(2)11(8)12(15)13(16)17/h6-7H,1-5H3,(H,16,17). The molecule has 17 heavy (non-hydrogen) atoms. The molecular formula is C14H18O3. The third-order valence-corrected chi connectivity index (χ3v) is 2.82. The molecule has 0 amide bonds. The predicted molar refractivity (Wildman–Crippen MR) is 66.6 cm³/mol. The minimum Gasteiger partial charge on any atom is -0.475 e. The first-order chi connectivity index (χ1) is 7.64.